The Morgan fingerprint density at radius 2 is 1.80 bits per heavy atom. The Labute approximate surface area is 239 Å². The van der Waals surface area contributed by atoms with Gasteiger partial charge in [0.05, 0.1) is 21.9 Å². The van der Waals surface area contributed by atoms with Crippen LogP contribution in [-0.4, -0.2) is 66.2 Å². The molecule has 1 aromatic heterocycles. The first kappa shape index (κ1) is 27.4. The molecule has 40 heavy (non-hydrogen) atoms. The minimum Gasteiger partial charge on any atom is -0.507 e. The van der Waals surface area contributed by atoms with E-state index in [-0.39, 0.29) is 5.75 Å². The average molecular weight is 557 g/mol. The Balaban J connectivity index is 1.59. The number of piperazine rings is 1. The largest absolute Gasteiger partial charge is 0.507 e. The molecule has 9 heteroatoms. The number of anilines is 2. The third kappa shape index (κ3) is 5.59. The molecule has 5 rings (SSSR count). The standard InChI is InChI=1S/C31H33ClN6O2/c1-20-13-24(22-5-6-28(26(32)15-22)38(19-39)12-11-36(3)4)31(40)25(14-20)23-16-27-30(35-8-7-34-27)29(17-23)37-10-9-33-21(2)18-37/h5-8,11-17,19,21,33,40H,9-10,18H2,1-4H3/b12-11-/t21-/m1/s1. The molecule has 0 bridgehead atoms. The van der Waals surface area contributed by atoms with Gasteiger partial charge in [0.25, 0.3) is 0 Å². The van der Waals surface area contributed by atoms with E-state index in [4.69, 9.17) is 11.6 Å². The maximum Gasteiger partial charge on any atom is 0.218 e. The fourth-order valence-electron chi connectivity index (χ4n) is 5.08. The first-order valence-electron chi connectivity index (χ1n) is 13.2. The summed E-state index contributed by atoms with van der Waals surface area (Å²) in [6.07, 6.45) is 7.53. The number of amides is 1. The summed E-state index contributed by atoms with van der Waals surface area (Å²) in [6, 6.07) is 13.8. The number of carbonyl (C=O) groups is 1. The van der Waals surface area contributed by atoms with Gasteiger partial charge in [-0.05, 0) is 66.9 Å². The first-order valence-corrected chi connectivity index (χ1v) is 13.6. The molecule has 1 atom stereocenters. The summed E-state index contributed by atoms with van der Waals surface area (Å²) in [5.74, 6) is 0.150. The van der Waals surface area contributed by atoms with E-state index in [1.807, 2.05) is 50.2 Å². The van der Waals surface area contributed by atoms with E-state index in [0.29, 0.717) is 34.3 Å². The van der Waals surface area contributed by atoms with Crippen LogP contribution in [0.2, 0.25) is 5.02 Å². The van der Waals surface area contributed by atoms with E-state index in [9.17, 15) is 9.90 Å². The van der Waals surface area contributed by atoms with Gasteiger partial charge in [0.1, 0.15) is 11.3 Å². The normalized spacial score (nSPS) is 15.5. The number of benzene rings is 3. The van der Waals surface area contributed by atoms with E-state index in [2.05, 4.69) is 33.2 Å². The summed E-state index contributed by atoms with van der Waals surface area (Å²) in [7, 11) is 3.75. The second-order valence-corrected chi connectivity index (χ2v) is 10.8. The number of nitrogens with zero attached hydrogens (tertiary/aromatic N) is 5. The minimum absolute atomic E-state index is 0.150. The number of rotatable bonds is 7. The van der Waals surface area contributed by atoms with Crippen LogP contribution in [0.3, 0.4) is 0 Å². The number of carbonyl (C=O) groups excluding carboxylic acids is 1. The number of hydrogen-bond acceptors (Lipinski definition) is 7. The lowest BCUT2D eigenvalue weighted by atomic mass is 9.94. The van der Waals surface area contributed by atoms with Crippen molar-refractivity contribution in [3.63, 3.8) is 0 Å². The average Bonchev–Trinajstić information content (AvgIpc) is 2.94. The highest BCUT2D eigenvalue weighted by molar-refractivity contribution is 6.34. The fourth-order valence-corrected chi connectivity index (χ4v) is 5.36. The molecule has 206 valence electrons. The molecule has 0 spiro atoms. The monoisotopic (exact) mass is 556 g/mol. The number of hydrogen-bond donors (Lipinski definition) is 2. The maximum absolute atomic E-state index is 11.7. The van der Waals surface area contributed by atoms with E-state index in [0.717, 1.165) is 53.0 Å². The van der Waals surface area contributed by atoms with Crippen molar-refractivity contribution < 1.29 is 9.90 Å². The third-order valence-electron chi connectivity index (χ3n) is 7.00. The quantitative estimate of drug-likeness (QED) is 0.294. The molecular weight excluding hydrogens is 524 g/mol. The molecule has 2 N–H and O–H groups in total. The number of phenols is 1. The molecule has 0 radical (unpaired) electrons. The topological polar surface area (TPSA) is 84.8 Å². The first-order chi connectivity index (χ1) is 19.2. The van der Waals surface area contributed by atoms with Crippen molar-refractivity contribution in [1.29, 1.82) is 0 Å². The lowest BCUT2D eigenvalue weighted by Crippen LogP contribution is -2.49. The maximum atomic E-state index is 11.7. The van der Waals surface area contributed by atoms with Gasteiger partial charge in [0, 0.05) is 75.7 Å². The second kappa shape index (κ2) is 11.5. The van der Waals surface area contributed by atoms with Crippen molar-refractivity contribution in [1.82, 2.24) is 20.2 Å². The van der Waals surface area contributed by atoms with Gasteiger partial charge in [-0.25, -0.2) is 0 Å². The van der Waals surface area contributed by atoms with E-state index < -0.39 is 0 Å². The number of phenolic OH excluding ortho intramolecular Hbond substituents is 1. The molecule has 2 heterocycles. The highest BCUT2D eigenvalue weighted by Crippen LogP contribution is 2.43. The van der Waals surface area contributed by atoms with Gasteiger partial charge in [-0.15, -0.1) is 0 Å². The second-order valence-electron chi connectivity index (χ2n) is 10.4. The molecule has 1 aliphatic heterocycles. The number of nitrogens with one attached hydrogen (secondary N) is 1. The Morgan fingerprint density at radius 1 is 1.05 bits per heavy atom. The van der Waals surface area contributed by atoms with E-state index in [1.165, 1.54) is 4.90 Å². The third-order valence-corrected chi connectivity index (χ3v) is 7.31. The SMILES string of the molecule is Cc1cc(-c2ccc(N(C=O)/C=C\N(C)C)c(Cl)c2)c(O)c(-c2cc(N3CCN[C@H](C)C3)c3nccnc3c2)c1. The van der Waals surface area contributed by atoms with Crippen LogP contribution >= 0.6 is 11.6 Å². The van der Waals surface area contributed by atoms with Crippen LogP contribution in [0, 0.1) is 6.92 Å². The van der Waals surface area contributed by atoms with Crippen LogP contribution in [0.5, 0.6) is 5.75 Å². The number of aromatic hydroxyl groups is 1. The molecule has 0 aliphatic carbocycles. The van der Waals surface area contributed by atoms with Crippen LogP contribution < -0.4 is 15.1 Å². The summed E-state index contributed by atoms with van der Waals surface area (Å²) >= 11 is 6.65. The number of aryl methyl sites for hydroxylation is 1. The summed E-state index contributed by atoms with van der Waals surface area (Å²) in [4.78, 5) is 26.5. The van der Waals surface area contributed by atoms with E-state index in [1.54, 1.807) is 36.9 Å². The number of fused-ring (bicyclic) bond motifs is 1. The lowest BCUT2D eigenvalue weighted by molar-refractivity contribution is -0.106. The number of halogens is 1. The zero-order chi connectivity index (χ0) is 28.4. The zero-order valence-electron chi connectivity index (χ0n) is 23.1. The Hall–Kier alpha value is -4.14. The van der Waals surface area contributed by atoms with Crippen molar-refractivity contribution in [2.45, 2.75) is 19.9 Å². The summed E-state index contributed by atoms with van der Waals surface area (Å²) in [5, 5.41) is 15.5. The van der Waals surface area contributed by atoms with Gasteiger partial charge in [-0.1, -0.05) is 17.7 Å². The zero-order valence-corrected chi connectivity index (χ0v) is 23.9. The smallest absolute Gasteiger partial charge is 0.218 e. The Morgan fingerprint density at radius 3 is 2.50 bits per heavy atom. The van der Waals surface area contributed by atoms with Gasteiger partial charge in [-0.3, -0.25) is 19.7 Å². The summed E-state index contributed by atoms with van der Waals surface area (Å²) in [6.45, 7) is 6.77. The molecule has 3 aromatic carbocycles. The Kier molecular flexibility index (Phi) is 7.91. The van der Waals surface area contributed by atoms with Crippen molar-refractivity contribution in [3.05, 3.63) is 77.8 Å². The van der Waals surface area contributed by atoms with Crippen LogP contribution in [0.25, 0.3) is 33.3 Å². The molecule has 0 saturated carbocycles. The predicted molar refractivity (Wildman–Crippen MR) is 163 cm³/mol. The van der Waals surface area contributed by atoms with Gasteiger partial charge in [0.15, 0.2) is 0 Å². The van der Waals surface area contributed by atoms with Crippen molar-refractivity contribution in [2.75, 3.05) is 43.5 Å². The molecule has 0 unspecified atom stereocenters. The van der Waals surface area contributed by atoms with Gasteiger partial charge < -0.3 is 20.2 Å². The van der Waals surface area contributed by atoms with Crippen LogP contribution in [0.15, 0.2) is 67.3 Å². The van der Waals surface area contributed by atoms with Crippen LogP contribution in [0.1, 0.15) is 12.5 Å². The summed E-state index contributed by atoms with van der Waals surface area (Å²) in [5.41, 5.74) is 7.13. The Bertz CT molecular complexity index is 1590. The molecule has 1 fully saturated rings. The van der Waals surface area contributed by atoms with E-state index >= 15 is 0 Å². The minimum atomic E-state index is 0.150. The van der Waals surface area contributed by atoms with Crippen LogP contribution in [-0.2, 0) is 4.79 Å². The molecular formula is C31H33ClN6O2. The molecule has 1 amide bonds. The van der Waals surface area contributed by atoms with Gasteiger partial charge in [-0.2, -0.15) is 0 Å². The highest BCUT2D eigenvalue weighted by atomic mass is 35.5. The predicted octanol–water partition coefficient (Wildman–Crippen LogP) is 5.42. The summed E-state index contributed by atoms with van der Waals surface area (Å²) < 4.78 is 0. The van der Waals surface area contributed by atoms with Crippen LogP contribution in [0.4, 0.5) is 11.4 Å². The molecule has 8 nitrogen and oxygen atoms in total. The highest BCUT2D eigenvalue weighted by Gasteiger charge is 2.22. The van der Waals surface area contributed by atoms with Crippen molar-refractivity contribution in [3.8, 4) is 28.0 Å². The van der Waals surface area contributed by atoms with Gasteiger partial charge >= 0.3 is 0 Å². The van der Waals surface area contributed by atoms with Crippen molar-refractivity contribution in [2.24, 2.45) is 0 Å². The van der Waals surface area contributed by atoms with Crippen molar-refractivity contribution >= 4 is 40.4 Å². The molecule has 1 aliphatic rings. The molecule has 4 aromatic rings. The van der Waals surface area contributed by atoms with Gasteiger partial charge in [0.2, 0.25) is 6.41 Å². The lowest BCUT2D eigenvalue weighted by Gasteiger charge is -2.34. The molecule has 1 saturated heterocycles. The number of aromatic nitrogens is 2. The fraction of sp³-hybridized carbons (Fsp3) is 0.258.